The number of methoxy groups -OCH3 is 1. The highest BCUT2D eigenvalue weighted by Gasteiger charge is 2.11. The number of phenolic OH excluding ortho intramolecular Hbond substituents is 1. The van der Waals surface area contributed by atoms with Gasteiger partial charge in [-0.3, -0.25) is 0 Å². The van der Waals surface area contributed by atoms with Gasteiger partial charge in [-0.05, 0) is 28.1 Å². The topological polar surface area (TPSA) is 42.4 Å². The zero-order chi connectivity index (χ0) is 11.0. The third-order valence-corrected chi connectivity index (χ3v) is 2.70. The van der Waals surface area contributed by atoms with Crippen molar-refractivity contribution in [1.82, 2.24) is 4.98 Å². The molecule has 5 heteroatoms. The number of benzene rings is 1. The molecule has 1 N–H and O–H groups in total. The Kier molecular flexibility index (Phi) is 2.48. The number of aromatic nitrogens is 1. The van der Waals surface area contributed by atoms with E-state index in [2.05, 4.69) is 20.9 Å². The van der Waals surface area contributed by atoms with E-state index in [0.717, 1.165) is 0 Å². The van der Waals surface area contributed by atoms with Gasteiger partial charge in [-0.25, -0.2) is 9.37 Å². The van der Waals surface area contributed by atoms with Crippen molar-refractivity contribution >= 4 is 26.8 Å². The molecular weight excluding hydrogens is 265 g/mol. The molecule has 0 aliphatic carbocycles. The SMILES string of the molecule is COc1ccc2c(Br)cc(F)c(O)c2n1. The Balaban J connectivity index is 2.85. The summed E-state index contributed by atoms with van der Waals surface area (Å²) in [5.41, 5.74) is 0.182. The summed E-state index contributed by atoms with van der Waals surface area (Å²) in [6.45, 7) is 0. The van der Waals surface area contributed by atoms with Crippen molar-refractivity contribution in [2.45, 2.75) is 0 Å². The second kappa shape index (κ2) is 3.66. The molecule has 15 heavy (non-hydrogen) atoms. The highest BCUT2D eigenvalue weighted by atomic mass is 79.9. The first kappa shape index (κ1) is 10.2. The molecule has 0 saturated carbocycles. The average molecular weight is 272 g/mol. The number of ether oxygens (including phenoxy) is 1. The standard InChI is InChI=1S/C10H7BrFNO2/c1-15-8-3-2-5-6(11)4-7(12)10(14)9(5)13-8/h2-4,14H,1H3. The summed E-state index contributed by atoms with van der Waals surface area (Å²) in [6, 6.07) is 4.54. The molecular formula is C10H7BrFNO2. The molecule has 0 radical (unpaired) electrons. The first-order valence-electron chi connectivity index (χ1n) is 4.15. The number of halogens is 2. The summed E-state index contributed by atoms with van der Waals surface area (Å²) in [4.78, 5) is 3.97. The van der Waals surface area contributed by atoms with E-state index < -0.39 is 11.6 Å². The Morgan fingerprint density at radius 3 is 2.87 bits per heavy atom. The molecule has 2 rings (SSSR count). The first-order chi connectivity index (χ1) is 7.13. The van der Waals surface area contributed by atoms with E-state index in [-0.39, 0.29) is 5.52 Å². The van der Waals surface area contributed by atoms with Gasteiger partial charge in [-0.15, -0.1) is 0 Å². The van der Waals surface area contributed by atoms with Crippen LogP contribution in [-0.2, 0) is 0 Å². The quantitative estimate of drug-likeness (QED) is 0.867. The van der Waals surface area contributed by atoms with Gasteiger partial charge < -0.3 is 9.84 Å². The minimum absolute atomic E-state index is 0.182. The van der Waals surface area contributed by atoms with E-state index >= 15 is 0 Å². The van der Waals surface area contributed by atoms with Gasteiger partial charge in [0, 0.05) is 15.9 Å². The molecule has 0 aliphatic heterocycles. The molecule has 0 amide bonds. The van der Waals surface area contributed by atoms with Crippen LogP contribution >= 0.6 is 15.9 Å². The Labute approximate surface area is 93.6 Å². The number of hydrogen-bond donors (Lipinski definition) is 1. The normalized spacial score (nSPS) is 10.6. The molecule has 0 spiro atoms. The van der Waals surface area contributed by atoms with Crippen molar-refractivity contribution in [1.29, 1.82) is 0 Å². The monoisotopic (exact) mass is 271 g/mol. The zero-order valence-corrected chi connectivity index (χ0v) is 9.38. The van der Waals surface area contributed by atoms with Crippen LogP contribution in [0.3, 0.4) is 0 Å². The maximum absolute atomic E-state index is 13.2. The molecule has 1 heterocycles. The van der Waals surface area contributed by atoms with E-state index in [0.29, 0.717) is 15.7 Å². The number of fused-ring (bicyclic) bond motifs is 1. The summed E-state index contributed by atoms with van der Waals surface area (Å²) in [6.07, 6.45) is 0. The van der Waals surface area contributed by atoms with Gasteiger partial charge in [-0.2, -0.15) is 0 Å². The maximum atomic E-state index is 13.2. The molecule has 2 aromatic rings. The summed E-state index contributed by atoms with van der Waals surface area (Å²) in [5, 5.41) is 10.1. The Hall–Kier alpha value is -1.36. The first-order valence-corrected chi connectivity index (χ1v) is 4.94. The van der Waals surface area contributed by atoms with Crippen molar-refractivity contribution < 1.29 is 14.2 Å². The van der Waals surface area contributed by atoms with Crippen molar-refractivity contribution in [3.63, 3.8) is 0 Å². The zero-order valence-electron chi connectivity index (χ0n) is 7.79. The van der Waals surface area contributed by atoms with Crippen molar-refractivity contribution in [3.05, 3.63) is 28.5 Å². The summed E-state index contributed by atoms with van der Waals surface area (Å²) >= 11 is 3.20. The second-order valence-corrected chi connectivity index (χ2v) is 3.79. The van der Waals surface area contributed by atoms with Crippen LogP contribution in [0.2, 0.25) is 0 Å². The Bertz CT molecular complexity index is 530. The number of pyridine rings is 1. The van der Waals surface area contributed by atoms with E-state index in [1.54, 1.807) is 12.1 Å². The van der Waals surface area contributed by atoms with Gasteiger partial charge in [0.15, 0.2) is 11.6 Å². The van der Waals surface area contributed by atoms with Crippen molar-refractivity contribution in [3.8, 4) is 11.6 Å². The smallest absolute Gasteiger partial charge is 0.213 e. The van der Waals surface area contributed by atoms with Gasteiger partial charge in [0.25, 0.3) is 0 Å². The number of aromatic hydroxyl groups is 1. The van der Waals surface area contributed by atoms with E-state index in [9.17, 15) is 9.50 Å². The molecule has 1 aromatic heterocycles. The third-order valence-electron chi connectivity index (χ3n) is 2.04. The Morgan fingerprint density at radius 1 is 1.47 bits per heavy atom. The van der Waals surface area contributed by atoms with Crippen LogP contribution in [0, 0.1) is 5.82 Å². The van der Waals surface area contributed by atoms with Crippen molar-refractivity contribution in [2.24, 2.45) is 0 Å². The fourth-order valence-electron chi connectivity index (χ4n) is 1.30. The van der Waals surface area contributed by atoms with Crippen LogP contribution in [0.5, 0.6) is 11.6 Å². The molecule has 0 bridgehead atoms. The second-order valence-electron chi connectivity index (χ2n) is 2.94. The van der Waals surface area contributed by atoms with Crippen LogP contribution in [0.15, 0.2) is 22.7 Å². The summed E-state index contributed by atoms with van der Waals surface area (Å²) < 4.78 is 18.6. The van der Waals surface area contributed by atoms with Crippen LogP contribution < -0.4 is 4.74 Å². The number of phenols is 1. The fraction of sp³-hybridized carbons (Fsp3) is 0.100. The summed E-state index contributed by atoms with van der Waals surface area (Å²) in [7, 11) is 1.46. The third kappa shape index (κ3) is 1.63. The van der Waals surface area contributed by atoms with Crippen LogP contribution in [0.4, 0.5) is 4.39 Å². The maximum Gasteiger partial charge on any atom is 0.213 e. The van der Waals surface area contributed by atoms with E-state index in [1.807, 2.05) is 0 Å². The number of hydrogen-bond acceptors (Lipinski definition) is 3. The van der Waals surface area contributed by atoms with E-state index in [1.165, 1.54) is 13.2 Å². The molecule has 0 aliphatic rings. The molecule has 0 atom stereocenters. The van der Waals surface area contributed by atoms with Crippen LogP contribution in [-0.4, -0.2) is 17.2 Å². The van der Waals surface area contributed by atoms with E-state index in [4.69, 9.17) is 4.74 Å². The highest BCUT2D eigenvalue weighted by molar-refractivity contribution is 9.10. The van der Waals surface area contributed by atoms with Gasteiger partial charge in [0.2, 0.25) is 5.88 Å². The molecule has 3 nitrogen and oxygen atoms in total. The lowest BCUT2D eigenvalue weighted by atomic mass is 10.2. The fourth-order valence-corrected chi connectivity index (χ4v) is 1.82. The van der Waals surface area contributed by atoms with Gasteiger partial charge >= 0.3 is 0 Å². The Morgan fingerprint density at radius 2 is 2.20 bits per heavy atom. The van der Waals surface area contributed by atoms with Crippen LogP contribution in [0.25, 0.3) is 10.9 Å². The molecule has 0 fully saturated rings. The van der Waals surface area contributed by atoms with Gasteiger partial charge in [0.1, 0.15) is 5.52 Å². The molecule has 1 aromatic carbocycles. The highest BCUT2D eigenvalue weighted by Crippen LogP contribution is 2.33. The molecule has 0 unspecified atom stereocenters. The molecule has 0 saturated heterocycles. The largest absolute Gasteiger partial charge is 0.503 e. The number of nitrogens with zero attached hydrogens (tertiary/aromatic N) is 1. The van der Waals surface area contributed by atoms with Crippen LogP contribution in [0.1, 0.15) is 0 Å². The molecule has 78 valence electrons. The lowest BCUT2D eigenvalue weighted by Gasteiger charge is -2.05. The minimum atomic E-state index is -0.713. The number of rotatable bonds is 1. The van der Waals surface area contributed by atoms with Crippen molar-refractivity contribution in [2.75, 3.05) is 7.11 Å². The van der Waals surface area contributed by atoms with Gasteiger partial charge in [0.05, 0.1) is 7.11 Å². The average Bonchev–Trinajstić information content (AvgIpc) is 2.25. The predicted molar refractivity (Wildman–Crippen MR) is 57.6 cm³/mol. The minimum Gasteiger partial charge on any atom is -0.503 e. The predicted octanol–water partition coefficient (Wildman–Crippen LogP) is 2.85. The van der Waals surface area contributed by atoms with Gasteiger partial charge in [-0.1, -0.05) is 0 Å². The lowest BCUT2D eigenvalue weighted by molar-refractivity contribution is 0.397. The lowest BCUT2D eigenvalue weighted by Crippen LogP contribution is -1.90. The summed E-state index contributed by atoms with van der Waals surface area (Å²) in [5.74, 6) is -0.850.